The Balaban J connectivity index is 2.62. The molecule has 6 heteroatoms. The van der Waals surface area contributed by atoms with Crippen LogP contribution in [0.3, 0.4) is 0 Å². The second kappa shape index (κ2) is 4.04. The monoisotopic (exact) mass is 207 g/mol. The molecule has 13 heavy (non-hydrogen) atoms. The molecule has 0 radical (unpaired) electrons. The van der Waals surface area contributed by atoms with Crippen molar-refractivity contribution in [1.82, 2.24) is 0 Å². The highest BCUT2D eigenvalue weighted by molar-refractivity contribution is 7.91. The van der Waals surface area contributed by atoms with Gasteiger partial charge < -0.3 is 0 Å². The molecule has 1 aliphatic carbocycles. The highest BCUT2D eigenvalue weighted by atomic mass is 32.2. The second-order valence-electron chi connectivity index (χ2n) is 3.38. The van der Waals surface area contributed by atoms with Gasteiger partial charge in [-0.2, -0.15) is 0 Å². The van der Waals surface area contributed by atoms with Crippen molar-refractivity contribution in [3.8, 4) is 0 Å². The fourth-order valence-electron chi connectivity index (χ4n) is 1.68. The molecule has 1 saturated carbocycles. The van der Waals surface area contributed by atoms with Crippen LogP contribution in [-0.4, -0.2) is 24.5 Å². The first-order valence-electron chi connectivity index (χ1n) is 4.36. The molecule has 0 unspecified atom stereocenters. The van der Waals surface area contributed by atoms with E-state index in [-0.39, 0.29) is 0 Å². The maximum atomic E-state index is 11.4. The number of hydrogen-bond acceptors (Lipinski definition) is 4. The Bertz CT molecular complexity index is 279. The minimum atomic E-state index is -3.48. The first-order chi connectivity index (χ1) is 6.02. The summed E-state index contributed by atoms with van der Waals surface area (Å²) >= 11 is 0. The van der Waals surface area contributed by atoms with E-state index in [0.29, 0.717) is 12.8 Å². The molecule has 0 amide bonds. The molecule has 0 spiro atoms. The van der Waals surface area contributed by atoms with Gasteiger partial charge in [0.05, 0.1) is 5.25 Å². The molecule has 0 aromatic rings. The Morgan fingerprint density at radius 2 is 1.77 bits per heavy atom. The molecular weight excluding hydrogens is 194 g/mol. The third kappa shape index (κ3) is 2.95. The van der Waals surface area contributed by atoms with Crippen molar-refractivity contribution in [2.24, 2.45) is 0 Å². The zero-order valence-electron chi connectivity index (χ0n) is 7.31. The lowest BCUT2D eigenvalue weighted by atomic mass is 10.0. The van der Waals surface area contributed by atoms with Crippen molar-refractivity contribution in [3.05, 3.63) is 10.1 Å². The predicted octanol–water partition coefficient (Wildman–Crippen LogP) is 0.968. The van der Waals surface area contributed by atoms with E-state index >= 15 is 0 Å². The Kier molecular flexibility index (Phi) is 3.24. The van der Waals surface area contributed by atoms with E-state index in [0.717, 1.165) is 19.3 Å². The number of hydrogen-bond donors (Lipinski definition) is 0. The van der Waals surface area contributed by atoms with Crippen molar-refractivity contribution in [2.45, 2.75) is 37.4 Å². The van der Waals surface area contributed by atoms with Gasteiger partial charge in [0, 0.05) is 4.92 Å². The third-order valence-electron chi connectivity index (χ3n) is 2.35. The Morgan fingerprint density at radius 3 is 2.23 bits per heavy atom. The Labute approximate surface area is 77.2 Å². The van der Waals surface area contributed by atoms with Crippen LogP contribution in [0.15, 0.2) is 0 Å². The first kappa shape index (κ1) is 10.4. The normalized spacial score (nSPS) is 20.0. The summed E-state index contributed by atoms with van der Waals surface area (Å²) in [4.78, 5) is 9.32. The Morgan fingerprint density at radius 1 is 1.23 bits per heavy atom. The van der Waals surface area contributed by atoms with Crippen LogP contribution in [0.1, 0.15) is 32.1 Å². The van der Waals surface area contributed by atoms with Gasteiger partial charge in [0.1, 0.15) is 0 Å². The van der Waals surface area contributed by atoms with E-state index in [1.54, 1.807) is 0 Å². The fraction of sp³-hybridized carbons (Fsp3) is 1.00. The molecule has 0 aromatic heterocycles. The highest BCUT2D eigenvalue weighted by Gasteiger charge is 2.31. The molecule has 0 N–H and O–H groups in total. The lowest BCUT2D eigenvalue weighted by Crippen LogP contribution is -2.29. The summed E-state index contributed by atoms with van der Waals surface area (Å²) in [6.07, 6.45) is 3.99. The highest BCUT2D eigenvalue weighted by Crippen LogP contribution is 2.23. The number of sulfone groups is 1. The minimum absolute atomic E-state index is 0.466. The van der Waals surface area contributed by atoms with Gasteiger partial charge in [-0.15, -0.1) is 0 Å². The van der Waals surface area contributed by atoms with E-state index in [1.165, 1.54) is 0 Å². The molecule has 5 nitrogen and oxygen atoms in total. The maximum absolute atomic E-state index is 11.4. The quantitative estimate of drug-likeness (QED) is 0.510. The van der Waals surface area contributed by atoms with E-state index in [9.17, 15) is 18.5 Å². The summed E-state index contributed by atoms with van der Waals surface area (Å²) in [6.45, 7) is 0. The van der Waals surface area contributed by atoms with Gasteiger partial charge in [-0.3, -0.25) is 10.1 Å². The molecule has 0 saturated heterocycles. The standard InChI is InChI=1S/C7H13NO4S/c9-8(10)6-13(11,12)7-4-2-1-3-5-7/h7H,1-6H2. The molecule has 0 aliphatic heterocycles. The largest absolute Gasteiger partial charge is 0.301 e. The van der Waals surface area contributed by atoms with Crippen LogP contribution in [0, 0.1) is 10.1 Å². The third-order valence-corrected chi connectivity index (χ3v) is 4.40. The van der Waals surface area contributed by atoms with Crippen LogP contribution >= 0.6 is 0 Å². The van der Waals surface area contributed by atoms with Crippen LogP contribution in [-0.2, 0) is 9.84 Å². The zero-order valence-corrected chi connectivity index (χ0v) is 8.12. The molecule has 1 rings (SSSR count). The number of rotatable bonds is 3. The fourth-order valence-corrected chi connectivity index (χ4v) is 3.23. The number of nitro groups is 1. The van der Waals surface area contributed by atoms with E-state index < -0.39 is 25.9 Å². The SMILES string of the molecule is O=[N+]([O-])CS(=O)(=O)C1CCCCC1. The molecular formula is C7H13NO4S. The first-order valence-corrected chi connectivity index (χ1v) is 6.07. The van der Waals surface area contributed by atoms with Gasteiger partial charge in [-0.25, -0.2) is 8.42 Å². The maximum Gasteiger partial charge on any atom is 0.301 e. The summed E-state index contributed by atoms with van der Waals surface area (Å²) in [7, 11) is -3.48. The van der Waals surface area contributed by atoms with Gasteiger partial charge in [0.25, 0.3) is 0 Å². The van der Waals surface area contributed by atoms with Crippen molar-refractivity contribution in [3.63, 3.8) is 0 Å². The average molecular weight is 207 g/mol. The zero-order chi connectivity index (χ0) is 9.90. The summed E-state index contributed by atoms with van der Waals surface area (Å²) in [6, 6.07) is 0. The second-order valence-corrected chi connectivity index (χ2v) is 5.64. The summed E-state index contributed by atoms with van der Waals surface area (Å²) in [5, 5.41) is 9.62. The molecule has 0 atom stereocenters. The summed E-state index contributed by atoms with van der Waals surface area (Å²) in [5.41, 5.74) is 0. The van der Waals surface area contributed by atoms with Crippen molar-refractivity contribution >= 4 is 9.84 Å². The van der Waals surface area contributed by atoms with Crippen molar-refractivity contribution < 1.29 is 13.3 Å². The smallest absolute Gasteiger partial charge is 0.263 e. The molecule has 0 heterocycles. The van der Waals surface area contributed by atoms with Crippen molar-refractivity contribution in [2.75, 3.05) is 5.88 Å². The van der Waals surface area contributed by atoms with Crippen LogP contribution in [0.25, 0.3) is 0 Å². The summed E-state index contributed by atoms with van der Waals surface area (Å²) < 4.78 is 22.7. The van der Waals surface area contributed by atoms with E-state index in [2.05, 4.69) is 0 Å². The van der Waals surface area contributed by atoms with Crippen LogP contribution in [0.5, 0.6) is 0 Å². The minimum Gasteiger partial charge on any atom is -0.263 e. The van der Waals surface area contributed by atoms with Gasteiger partial charge in [0.2, 0.25) is 9.84 Å². The van der Waals surface area contributed by atoms with Gasteiger partial charge in [-0.05, 0) is 12.8 Å². The van der Waals surface area contributed by atoms with E-state index in [1.807, 2.05) is 0 Å². The lowest BCUT2D eigenvalue weighted by molar-refractivity contribution is -0.458. The van der Waals surface area contributed by atoms with Crippen molar-refractivity contribution in [1.29, 1.82) is 0 Å². The number of nitrogens with zero attached hydrogens (tertiary/aromatic N) is 1. The van der Waals surface area contributed by atoms with Crippen LogP contribution < -0.4 is 0 Å². The molecule has 0 aromatic carbocycles. The molecule has 0 bridgehead atoms. The van der Waals surface area contributed by atoms with Crippen LogP contribution in [0.2, 0.25) is 0 Å². The van der Waals surface area contributed by atoms with E-state index in [4.69, 9.17) is 0 Å². The predicted molar refractivity (Wildman–Crippen MR) is 47.7 cm³/mol. The Hall–Kier alpha value is -0.650. The van der Waals surface area contributed by atoms with Gasteiger partial charge >= 0.3 is 5.88 Å². The molecule has 1 fully saturated rings. The van der Waals surface area contributed by atoms with Gasteiger partial charge in [0.15, 0.2) is 0 Å². The average Bonchev–Trinajstić information content (AvgIpc) is 2.04. The molecule has 1 aliphatic rings. The van der Waals surface area contributed by atoms with Crippen LogP contribution in [0.4, 0.5) is 0 Å². The summed E-state index contributed by atoms with van der Waals surface area (Å²) in [5.74, 6) is -0.905. The van der Waals surface area contributed by atoms with Gasteiger partial charge in [-0.1, -0.05) is 19.3 Å². The topological polar surface area (TPSA) is 77.3 Å². The lowest BCUT2D eigenvalue weighted by Gasteiger charge is -2.19. The molecule has 76 valence electrons.